The fraction of sp³-hybridized carbons (Fsp3) is 0.150. The van der Waals surface area contributed by atoms with Crippen molar-refractivity contribution >= 4 is 45.0 Å². The summed E-state index contributed by atoms with van der Waals surface area (Å²) in [5, 5.41) is 0.525. The van der Waals surface area contributed by atoms with Gasteiger partial charge in [0.1, 0.15) is 11.0 Å². The van der Waals surface area contributed by atoms with E-state index in [9.17, 15) is 4.79 Å². The third-order valence-corrected chi connectivity index (χ3v) is 6.72. The maximum absolute atomic E-state index is 13.0. The first-order valence-electron chi connectivity index (χ1n) is 8.35. The summed E-state index contributed by atoms with van der Waals surface area (Å²) in [5.41, 5.74) is 4.40. The number of benzene rings is 2. The van der Waals surface area contributed by atoms with Gasteiger partial charge in [-0.3, -0.25) is 9.36 Å². The van der Waals surface area contributed by atoms with Crippen LogP contribution in [0.4, 0.5) is 0 Å². The largest absolute Gasteiger partial charge is 0.277 e. The predicted octanol–water partition coefficient (Wildman–Crippen LogP) is 5.40. The number of thioether (sulfide) groups is 1. The predicted molar refractivity (Wildman–Crippen MR) is 113 cm³/mol. The van der Waals surface area contributed by atoms with Crippen molar-refractivity contribution in [3.63, 3.8) is 0 Å². The number of thiazole rings is 1. The Hall–Kier alpha value is -2.15. The van der Waals surface area contributed by atoms with Crippen LogP contribution >= 0.6 is 34.7 Å². The third kappa shape index (κ3) is 3.65. The SMILES string of the molecule is Cc1cccc(CSc2nc3ncn(-c4c(C)cccc4Cl)c(=O)c3s2)c1. The number of aromatic nitrogens is 3. The summed E-state index contributed by atoms with van der Waals surface area (Å²) in [5.74, 6) is 0.805. The van der Waals surface area contributed by atoms with Gasteiger partial charge in [0, 0.05) is 5.75 Å². The second-order valence-corrected chi connectivity index (χ2v) is 8.86. The van der Waals surface area contributed by atoms with E-state index in [1.165, 1.54) is 33.4 Å². The molecule has 0 aliphatic carbocycles. The zero-order valence-electron chi connectivity index (χ0n) is 14.8. The van der Waals surface area contributed by atoms with E-state index in [1.807, 2.05) is 19.1 Å². The number of fused-ring (bicyclic) bond motifs is 1. The van der Waals surface area contributed by atoms with Crippen molar-refractivity contribution < 1.29 is 0 Å². The van der Waals surface area contributed by atoms with Gasteiger partial charge in [0.2, 0.25) is 0 Å². The molecule has 0 unspecified atom stereocenters. The van der Waals surface area contributed by atoms with Crippen LogP contribution in [0.15, 0.2) is 57.9 Å². The summed E-state index contributed by atoms with van der Waals surface area (Å²) >= 11 is 9.32. The van der Waals surface area contributed by atoms with Crippen molar-refractivity contribution in [1.29, 1.82) is 0 Å². The lowest BCUT2D eigenvalue weighted by Crippen LogP contribution is -2.19. The molecule has 4 nitrogen and oxygen atoms in total. The highest BCUT2D eigenvalue weighted by atomic mass is 35.5. The van der Waals surface area contributed by atoms with Crippen LogP contribution in [0.1, 0.15) is 16.7 Å². The van der Waals surface area contributed by atoms with Gasteiger partial charge in [0.15, 0.2) is 9.99 Å². The van der Waals surface area contributed by atoms with Gasteiger partial charge in [-0.1, -0.05) is 65.3 Å². The molecule has 0 aliphatic rings. The highest BCUT2D eigenvalue weighted by molar-refractivity contribution is 8.00. The van der Waals surface area contributed by atoms with Crippen molar-refractivity contribution in [1.82, 2.24) is 14.5 Å². The number of aryl methyl sites for hydroxylation is 2. The Morgan fingerprint density at radius 2 is 2.00 bits per heavy atom. The molecule has 0 fully saturated rings. The summed E-state index contributed by atoms with van der Waals surface area (Å²) in [6.45, 7) is 4.00. The molecule has 0 radical (unpaired) electrons. The number of nitrogens with zero attached hydrogens (tertiary/aromatic N) is 3. The molecule has 0 N–H and O–H groups in total. The van der Waals surface area contributed by atoms with E-state index in [0.29, 0.717) is 21.1 Å². The second kappa shape index (κ2) is 7.46. The van der Waals surface area contributed by atoms with Crippen LogP contribution in [-0.4, -0.2) is 14.5 Å². The minimum absolute atomic E-state index is 0.142. The topological polar surface area (TPSA) is 47.8 Å². The van der Waals surface area contributed by atoms with Crippen LogP contribution in [0.3, 0.4) is 0 Å². The Morgan fingerprint density at radius 3 is 2.78 bits per heavy atom. The van der Waals surface area contributed by atoms with Gasteiger partial charge in [-0.05, 0) is 31.0 Å². The zero-order valence-corrected chi connectivity index (χ0v) is 17.2. The van der Waals surface area contributed by atoms with Gasteiger partial charge in [0.05, 0.1) is 10.7 Å². The number of hydrogen-bond acceptors (Lipinski definition) is 5. The van der Waals surface area contributed by atoms with Gasteiger partial charge in [-0.15, -0.1) is 11.3 Å². The smallest absolute Gasteiger partial charge is 0.267 e. The summed E-state index contributed by atoms with van der Waals surface area (Å²) < 4.78 is 2.89. The molecule has 0 aliphatic heterocycles. The molecule has 2 aromatic carbocycles. The third-order valence-electron chi connectivity index (χ3n) is 4.17. The second-order valence-electron chi connectivity index (χ2n) is 6.24. The van der Waals surface area contributed by atoms with E-state index in [-0.39, 0.29) is 5.56 Å². The summed E-state index contributed by atoms with van der Waals surface area (Å²) in [6.07, 6.45) is 1.51. The van der Waals surface area contributed by atoms with E-state index >= 15 is 0 Å². The molecule has 2 aromatic heterocycles. The number of rotatable bonds is 4. The fourth-order valence-corrected chi connectivity index (χ4v) is 5.17. The molecule has 0 spiro atoms. The van der Waals surface area contributed by atoms with E-state index < -0.39 is 0 Å². The average molecular weight is 414 g/mol. The number of para-hydroxylation sites is 1. The van der Waals surface area contributed by atoms with Gasteiger partial charge in [-0.25, -0.2) is 9.97 Å². The first kappa shape index (κ1) is 18.2. The molecular weight excluding hydrogens is 398 g/mol. The lowest BCUT2D eigenvalue weighted by Gasteiger charge is -2.10. The van der Waals surface area contributed by atoms with E-state index in [1.54, 1.807) is 17.8 Å². The van der Waals surface area contributed by atoms with Gasteiger partial charge >= 0.3 is 0 Å². The molecule has 4 aromatic rings. The molecule has 2 heterocycles. The Kier molecular flexibility index (Phi) is 5.04. The lowest BCUT2D eigenvalue weighted by atomic mass is 10.2. The van der Waals surface area contributed by atoms with Crippen molar-refractivity contribution in [2.45, 2.75) is 23.9 Å². The Morgan fingerprint density at radius 1 is 1.19 bits per heavy atom. The molecule has 27 heavy (non-hydrogen) atoms. The molecule has 0 amide bonds. The van der Waals surface area contributed by atoms with Crippen LogP contribution in [0.25, 0.3) is 16.0 Å². The fourth-order valence-electron chi connectivity index (χ4n) is 2.89. The van der Waals surface area contributed by atoms with Crippen LogP contribution in [-0.2, 0) is 5.75 Å². The highest BCUT2D eigenvalue weighted by Gasteiger charge is 2.15. The monoisotopic (exact) mass is 413 g/mol. The minimum Gasteiger partial charge on any atom is -0.267 e. The van der Waals surface area contributed by atoms with Crippen LogP contribution in [0.2, 0.25) is 5.02 Å². The molecule has 7 heteroatoms. The van der Waals surface area contributed by atoms with Crippen molar-refractivity contribution in [3.05, 3.63) is 80.9 Å². The molecule has 136 valence electrons. The van der Waals surface area contributed by atoms with Gasteiger partial charge < -0.3 is 0 Å². The van der Waals surface area contributed by atoms with E-state index in [0.717, 1.165) is 15.7 Å². The summed E-state index contributed by atoms with van der Waals surface area (Å²) in [6, 6.07) is 13.9. The molecule has 0 saturated carbocycles. The van der Waals surface area contributed by atoms with Crippen molar-refractivity contribution in [3.8, 4) is 5.69 Å². The maximum Gasteiger partial charge on any atom is 0.277 e. The zero-order chi connectivity index (χ0) is 19.0. The van der Waals surface area contributed by atoms with Crippen LogP contribution in [0.5, 0.6) is 0 Å². The summed E-state index contributed by atoms with van der Waals surface area (Å²) in [7, 11) is 0. The maximum atomic E-state index is 13.0. The molecule has 0 saturated heterocycles. The first-order valence-corrected chi connectivity index (χ1v) is 10.5. The number of halogens is 1. The molecule has 4 rings (SSSR count). The van der Waals surface area contributed by atoms with E-state index in [4.69, 9.17) is 11.6 Å². The molecule has 0 atom stereocenters. The van der Waals surface area contributed by atoms with Crippen molar-refractivity contribution in [2.75, 3.05) is 0 Å². The minimum atomic E-state index is -0.142. The van der Waals surface area contributed by atoms with Gasteiger partial charge in [0.25, 0.3) is 5.56 Å². The average Bonchev–Trinajstić information content (AvgIpc) is 3.06. The lowest BCUT2D eigenvalue weighted by molar-refractivity contribution is 0.950. The summed E-state index contributed by atoms with van der Waals surface area (Å²) in [4.78, 5) is 21.9. The van der Waals surface area contributed by atoms with Crippen LogP contribution in [0, 0.1) is 13.8 Å². The normalized spacial score (nSPS) is 11.2. The van der Waals surface area contributed by atoms with Gasteiger partial charge in [-0.2, -0.15) is 0 Å². The molecule has 0 bridgehead atoms. The Balaban J connectivity index is 1.69. The number of hydrogen-bond donors (Lipinski definition) is 0. The van der Waals surface area contributed by atoms with Crippen LogP contribution < -0.4 is 5.56 Å². The Bertz CT molecular complexity index is 1180. The quantitative estimate of drug-likeness (QED) is 0.420. The molecular formula is C20H16ClN3OS2. The highest BCUT2D eigenvalue weighted by Crippen LogP contribution is 2.30. The van der Waals surface area contributed by atoms with E-state index in [2.05, 4.69) is 41.2 Å². The van der Waals surface area contributed by atoms with Crippen molar-refractivity contribution in [2.24, 2.45) is 0 Å². The first-order chi connectivity index (χ1) is 13.0. The standard InChI is InChI=1S/C20H16ClN3OS2/c1-12-5-3-7-14(9-12)10-26-20-23-18-17(27-20)19(25)24(11-22-18)16-13(2)6-4-8-15(16)21/h3-9,11H,10H2,1-2H3. The Labute approximate surface area is 169 Å².